The molecule has 2 aromatic carbocycles. The van der Waals surface area contributed by atoms with Gasteiger partial charge in [0, 0.05) is 28.4 Å². The van der Waals surface area contributed by atoms with Gasteiger partial charge in [0.2, 0.25) is 20.4 Å². The molecule has 0 spiro atoms. The van der Waals surface area contributed by atoms with Crippen molar-refractivity contribution in [2.24, 2.45) is 0 Å². The van der Waals surface area contributed by atoms with Gasteiger partial charge in [-0.15, -0.1) is 0 Å². The van der Waals surface area contributed by atoms with Gasteiger partial charge in [-0.2, -0.15) is 5.26 Å². The first-order chi connectivity index (χ1) is 13.9. The molecule has 0 aliphatic heterocycles. The van der Waals surface area contributed by atoms with Crippen LogP contribution in [0.15, 0.2) is 65.6 Å². The summed E-state index contributed by atoms with van der Waals surface area (Å²) in [7, 11) is 0.958. The van der Waals surface area contributed by atoms with Gasteiger partial charge in [-0.3, -0.25) is 0 Å². The minimum absolute atomic E-state index is 0.0261. The van der Waals surface area contributed by atoms with E-state index in [1.54, 1.807) is 48.5 Å². The SMILES string of the molecule is COC1(OC)C(c2ccccc2)C(C#N)(S(=O)(=O)c2ccccc2)C1(OC)OC. The van der Waals surface area contributed by atoms with Gasteiger partial charge in [0.25, 0.3) is 5.79 Å². The molecule has 1 saturated carbocycles. The van der Waals surface area contributed by atoms with Crippen molar-refractivity contribution in [1.82, 2.24) is 0 Å². The van der Waals surface area contributed by atoms with Crippen LogP contribution in [0.25, 0.3) is 0 Å². The lowest BCUT2D eigenvalue weighted by Gasteiger charge is -2.66. The summed E-state index contributed by atoms with van der Waals surface area (Å²) in [5.74, 6) is -4.79. The average molecular weight is 417 g/mol. The van der Waals surface area contributed by atoms with Crippen molar-refractivity contribution >= 4 is 9.84 Å². The Bertz CT molecular complexity index is 994. The molecule has 0 bridgehead atoms. The third-order valence-electron chi connectivity index (χ3n) is 5.69. The van der Waals surface area contributed by atoms with Gasteiger partial charge in [0.15, 0.2) is 0 Å². The number of methoxy groups -OCH3 is 4. The van der Waals surface area contributed by atoms with E-state index in [2.05, 4.69) is 0 Å². The molecule has 2 unspecified atom stereocenters. The van der Waals surface area contributed by atoms with Crippen LogP contribution < -0.4 is 0 Å². The van der Waals surface area contributed by atoms with Gasteiger partial charge < -0.3 is 18.9 Å². The second kappa shape index (κ2) is 7.52. The van der Waals surface area contributed by atoms with Crippen LogP contribution in [-0.4, -0.2) is 53.2 Å². The van der Waals surface area contributed by atoms with Gasteiger partial charge in [0.1, 0.15) is 0 Å². The number of nitrogens with zero attached hydrogens (tertiary/aromatic N) is 1. The molecule has 3 rings (SSSR count). The van der Waals surface area contributed by atoms with E-state index >= 15 is 0 Å². The first-order valence-electron chi connectivity index (χ1n) is 8.85. The second-order valence-corrected chi connectivity index (χ2v) is 8.73. The molecular weight excluding hydrogens is 394 g/mol. The fraction of sp³-hybridized carbons (Fsp3) is 0.381. The Labute approximate surface area is 170 Å². The van der Waals surface area contributed by atoms with Crippen molar-refractivity contribution in [3.05, 3.63) is 66.2 Å². The van der Waals surface area contributed by atoms with Crippen LogP contribution in [0.1, 0.15) is 11.5 Å². The molecule has 1 aliphatic rings. The molecule has 8 heteroatoms. The fourth-order valence-electron chi connectivity index (χ4n) is 4.50. The number of rotatable bonds is 7. The van der Waals surface area contributed by atoms with E-state index in [1.165, 1.54) is 40.6 Å². The quantitative estimate of drug-likeness (QED) is 0.639. The second-order valence-electron chi connectivity index (χ2n) is 6.61. The van der Waals surface area contributed by atoms with E-state index in [0.717, 1.165) is 0 Å². The molecule has 1 fully saturated rings. The molecule has 0 radical (unpaired) electrons. The van der Waals surface area contributed by atoms with Crippen molar-refractivity contribution in [3.8, 4) is 6.07 Å². The highest BCUT2D eigenvalue weighted by atomic mass is 32.2. The fourth-order valence-corrected chi connectivity index (χ4v) is 6.77. The Morgan fingerprint density at radius 3 is 1.72 bits per heavy atom. The zero-order valence-corrected chi connectivity index (χ0v) is 17.5. The van der Waals surface area contributed by atoms with E-state index < -0.39 is 32.1 Å². The number of hydrogen-bond acceptors (Lipinski definition) is 7. The largest absolute Gasteiger partial charge is 0.348 e. The van der Waals surface area contributed by atoms with Gasteiger partial charge in [-0.1, -0.05) is 48.5 Å². The summed E-state index contributed by atoms with van der Waals surface area (Å²) < 4.78 is 48.2. The van der Waals surface area contributed by atoms with Crippen LogP contribution in [0.4, 0.5) is 0 Å². The Balaban J connectivity index is 2.42. The summed E-state index contributed by atoms with van der Waals surface area (Å²) in [6, 6.07) is 18.5. The molecule has 2 aromatic rings. The van der Waals surface area contributed by atoms with Crippen LogP contribution in [0.5, 0.6) is 0 Å². The molecule has 7 nitrogen and oxygen atoms in total. The minimum Gasteiger partial charge on any atom is -0.348 e. The Morgan fingerprint density at radius 2 is 1.31 bits per heavy atom. The minimum atomic E-state index is -4.31. The Kier molecular flexibility index (Phi) is 5.56. The Hall–Kier alpha value is -2.28. The first kappa shape index (κ1) is 21.4. The molecule has 0 aromatic heterocycles. The summed E-state index contributed by atoms with van der Waals surface area (Å²) in [6.45, 7) is 0. The first-order valence-corrected chi connectivity index (χ1v) is 10.3. The molecular formula is C21H23NO6S. The number of sulfone groups is 1. The third-order valence-corrected chi connectivity index (χ3v) is 8.03. The molecule has 154 valence electrons. The number of ether oxygens (including phenoxy) is 4. The topological polar surface area (TPSA) is 94.9 Å². The summed E-state index contributed by atoms with van der Waals surface area (Å²) in [5, 5.41) is 10.4. The number of hydrogen-bond donors (Lipinski definition) is 0. The van der Waals surface area contributed by atoms with Crippen LogP contribution in [0, 0.1) is 11.3 Å². The van der Waals surface area contributed by atoms with Crippen LogP contribution in [0.3, 0.4) is 0 Å². The zero-order valence-electron chi connectivity index (χ0n) is 16.7. The smallest absolute Gasteiger partial charge is 0.259 e. The summed E-state index contributed by atoms with van der Waals surface area (Å²) in [5.41, 5.74) is 0.544. The molecule has 0 N–H and O–H groups in total. The molecule has 1 aliphatic carbocycles. The molecule has 0 heterocycles. The van der Waals surface area contributed by atoms with E-state index in [-0.39, 0.29) is 4.90 Å². The standard InChI is InChI=1S/C21H23NO6S/c1-25-20(26-2)18(16-11-7-5-8-12-16)19(15-22,21(20,27-3)28-4)29(23,24)17-13-9-6-10-14-17/h5-14,18H,1-4H3. The van der Waals surface area contributed by atoms with Crippen molar-refractivity contribution in [3.63, 3.8) is 0 Å². The average Bonchev–Trinajstić information content (AvgIpc) is 2.76. The van der Waals surface area contributed by atoms with E-state index in [4.69, 9.17) is 18.9 Å². The summed E-state index contributed by atoms with van der Waals surface area (Å²) in [6.07, 6.45) is 0. The highest BCUT2D eigenvalue weighted by Crippen LogP contribution is 2.68. The lowest BCUT2D eigenvalue weighted by Crippen LogP contribution is -2.88. The lowest BCUT2D eigenvalue weighted by molar-refractivity contribution is -0.455. The van der Waals surface area contributed by atoms with Crippen molar-refractivity contribution in [2.75, 3.05) is 28.4 Å². The molecule has 29 heavy (non-hydrogen) atoms. The zero-order chi connectivity index (χ0) is 21.3. The normalized spacial score (nSPS) is 25.0. The third kappa shape index (κ3) is 2.40. The maximum absolute atomic E-state index is 13.9. The van der Waals surface area contributed by atoms with E-state index in [9.17, 15) is 13.7 Å². The van der Waals surface area contributed by atoms with Gasteiger partial charge in [-0.05, 0) is 17.7 Å². The van der Waals surface area contributed by atoms with Crippen molar-refractivity contribution in [1.29, 1.82) is 5.26 Å². The summed E-state index contributed by atoms with van der Waals surface area (Å²) >= 11 is 0. The monoisotopic (exact) mass is 417 g/mol. The summed E-state index contributed by atoms with van der Waals surface area (Å²) in [4.78, 5) is -0.0261. The van der Waals surface area contributed by atoms with Crippen LogP contribution >= 0.6 is 0 Å². The van der Waals surface area contributed by atoms with Gasteiger partial charge >= 0.3 is 0 Å². The predicted molar refractivity (Wildman–Crippen MR) is 105 cm³/mol. The van der Waals surface area contributed by atoms with Crippen molar-refractivity contribution < 1.29 is 27.4 Å². The predicted octanol–water partition coefficient (Wildman–Crippen LogP) is 2.50. The highest BCUT2D eigenvalue weighted by Gasteiger charge is 2.90. The maximum atomic E-state index is 13.9. The number of nitriles is 1. The van der Waals surface area contributed by atoms with Gasteiger partial charge in [0.05, 0.1) is 16.9 Å². The number of benzene rings is 2. The Morgan fingerprint density at radius 1 is 0.828 bits per heavy atom. The van der Waals surface area contributed by atoms with E-state index in [1.807, 2.05) is 6.07 Å². The van der Waals surface area contributed by atoms with Crippen LogP contribution in [0.2, 0.25) is 0 Å². The van der Waals surface area contributed by atoms with Gasteiger partial charge in [-0.25, -0.2) is 8.42 Å². The van der Waals surface area contributed by atoms with E-state index in [0.29, 0.717) is 5.56 Å². The molecule has 0 saturated heterocycles. The highest BCUT2D eigenvalue weighted by molar-refractivity contribution is 7.93. The van der Waals surface area contributed by atoms with Crippen molar-refractivity contribution in [2.45, 2.75) is 27.1 Å². The molecule has 0 amide bonds. The maximum Gasteiger partial charge on any atom is 0.259 e. The lowest BCUT2D eigenvalue weighted by atomic mass is 9.58. The van der Waals surface area contributed by atoms with Crippen LogP contribution in [-0.2, 0) is 28.8 Å². The molecule has 2 atom stereocenters.